The van der Waals surface area contributed by atoms with Crippen LogP contribution < -0.4 is 15.4 Å². The van der Waals surface area contributed by atoms with Gasteiger partial charge < -0.3 is 14.5 Å². The van der Waals surface area contributed by atoms with E-state index in [0.29, 0.717) is 23.1 Å². The maximum atomic E-state index is 12.1. The van der Waals surface area contributed by atoms with Crippen molar-refractivity contribution in [2.75, 3.05) is 11.9 Å². The topological polar surface area (TPSA) is 76.4 Å². The first-order valence-electron chi connectivity index (χ1n) is 10.7. The van der Waals surface area contributed by atoms with Crippen LogP contribution in [0.15, 0.2) is 59.0 Å². The van der Waals surface area contributed by atoms with Crippen LogP contribution in [-0.4, -0.2) is 22.6 Å². The number of amides is 1. The van der Waals surface area contributed by atoms with Crippen LogP contribution in [0, 0.1) is 20.8 Å². The Kier molecular flexibility index (Phi) is 7.14. The van der Waals surface area contributed by atoms with Crippen LogP contribution in [0.4, 0.5) is 5.69 Å². The molecule has 0 saturated carbocycles. The maximum Gasteiger partial charge on any atom is 0.264 e. The van der Waals surface area contributed by atoms with E-state index in [2.05, 4.69) is 29.5 Å². The van der Waals surface area contributed by atoms with Gasteiger partial charge in [0.1, 0.15) is 11.3 Å². The van der Waals surface area contributed by atoms with Gasteiger partial charge in [-0.1, -0.05) is 23.7 Å². The predicted octanol–water partition coefficient (Wildman–Crippen LogP) is 5.89. The lowest BCUT2D eigenvalue weighted by Crippen LogP contribution is -2.37. The quantitative estimate of drug-likeness (QED) is 0.326. The Labute approximate surface area is 208 Å². The number of nitrogens with zero attached hydrogens (tertiary/aromatic N) is 1. The van der Waals surface area contributed by atoms with Gasteiger partial charge in [-0.25, -0.2) is 4.98 Å². The van der Waals surface area contributed by atoms with Gasteiger partial charge in [0, 0.05) is 17.1 Å². The Morgan fingerprint density at radius 2 is 1.76 bits per heavy atom. The second kappa shape index (κ2) is 10.2. The van der Waals surface area contributed by atoms with Gasteiger partial charge in [0.05, 0.1) is 0 Å². The number of hydrogen-bond donors (Lipinski definition) is 2. The number of hydrogen-bond acceptors (Lipinski definition) is 5. The second-order valence-electron chi connectivity index (χ2n) is 8.09. The fraction of sp³-hybridized carbons (Fsp3) is 0.192. The number of aromatic nitrogens is 1. The van der Waals surface area contributed by atoms with E-state index in [1.54, 1.807) is 18.2 Å². The van der Waals surface area contributed by atoms with Crippen LogP contribution in [-0.2, 0) is 11.2 Å². The number of aryl methyl sites for hydroxylation is 3. The summed E-state index contributed by atoms with van der Waals surface area (Å²) in [6, 6.07) is 17.0. The molecule has 0 spiro atoms. The molecule has 0 atom stereocenters. The first-order valence-corrected chi connectivity index (χ1v) is 11.5. The molecule has 1 aromatic heterocycles. The van der Waals surface area contributed by atoms with Gasteiger partial charge in [-0.2, -0.15) is 0 Å². The molecule has 2 N–H and O–H groups in total. The predicted molar refractivity (Wildman–Crippen MR) is 139 cm³/mol. The molecule has 4 aromatic rings. The van der Waals surface area contributed by atoms with Crippen LogP contribution in [0.5, 0.6) is 5.75 Å². The molecule has 0 aliphatic rings. The van der Waals surface area contributed by atoms with Crippen molar-refractivity contribution in [2.45, 2.75) is 27.2 Å². The third-order valence-corrected chi connectivity index (χ3v) is 6.00. The molecule has 3 aromatic carbocycles. The number of oxazole rings is 1. The van der Waals surface area contributed by atoms with Crippen LogP contribution in [0.1, 0.15) is 28.1 Å². The van der Waals surface area contributed by atoms with Crippen molar-refractivity contribution in [3.05, 3.63) is 87.8 Å². The van der Waals surface area contributed by atoms with E-state index in [9.17, 15) is 4.79 Å². The van der Waals surface area contributed by atoms with Gasteiger partial charge in [0.2, 0.25) is 0 Å². The first-order chi connectivity index (χ1) is 16.3. The molecule has 8 heteroatoms. The van der Waals surface area contributed by atoms with Crippen LogP contribution in [0.25, 0.3) is 11.1 Å². The molecule has 34 heavy (non-hydrogen) atoms. The fourth-order valence-electron chi connectivity index (χ4n) is 3.36. The first kappa shape index (κ1) is 23.7. The molecule has 0 bridgehead atoms. The van der Waals surface area contributed by atoms with E-state index < -0.39 is 0 Å². The minimum Gasteiger partial charge on any atom is -0.484 e. The fourth-order valence-corrected chi connectivity index (χ4v) is 3.71. The molecule has 0 aliphatic heterocycles. The lowest BCUT2D eigenvalue weighted by atomic mass is 10.1. The summed E-state index contributed by atoms with van der Waals surface area (Å²) in [4.78, 5) is 16.7. The summed E-state index contributed by atoms with van der Waals surface area (Å²) in [6.45, 7) is 5.83. The van der Waals surface area contributed by atoms with Crippen molar-refractivity contribution in [2.24, 2.45) is 0 Å². The Hall–Kier alpha value is -3.42. The third kappa shape index (κ3) is 5.92. The molecular weight excluding hydrogens is 470 g/mol. The average molecular weight is 494 g/mol. The molecule has 0 fully saturated rings. The van der Waals surface area contributed by atoms with Crippen molar-refractivity contribution in [1.29, 1.82) is 0 Å². The van der Waals surface area contributed by atoms with Crippen molar-refractivity contribution in [3.63, 3.8) is 0 Å². The number of rotatable bonds is 6. The highest BCUT2D eigenvalue weighted by atomic mass is 35.5. The summed E-state index contributed by atoms with van der Waals surface area (Å²) in [5.41, 5.74) is 6.72. The molecule has 1 heterocycles. The smallest absolute Gasteiger partial charge is 0.264 e. The average Bonchev–Trinajstić information content (AvgIpc) is 3.17. The van der Waals surface area contributed by atoms with Crippen molar-refractivity contribution < 1.29 is 13.9 Å². The van der Waals surface area contributed by atoms with Crippen molar-refractivity contribution in [1.82, 2.24) is 10.3 Å². The van der Waals surface area contributed by atoms with E-state index in [1.807, 2.05) is 43.3 Å². The van der Waals surface area contributed by atoms with Gasteiger partial charge in [0.15, 0.2) is 23.2 Å². The highest BCUT2D eigenvalue weighted by Crippen LogP contribution is 2.23. The second-order valence-corrected chi connectivity index (χ2v) is 8.90. The zero-order valence-corrected chi connectivity index (χ0v) is 20.6. The summed E-state index contributed by atoms with van der Waals surface area (Å²) < 4.78 is 11.4. The minimum absolute atomic E-state index is 0.161. The largest absolute Gasteiger partial charge is 0.484 e. The molecular formula is C26H24ClN3O3S. The minimum atomic E-state index is -0.358. The summed E-state index contributed by atoms with van der Waals surface area (Å²) >= 11 is 11.2. The van der Waals surface area contributed by atoms with Crippen LogP contribution >= 0.6 is 23.8 Å². The molecule has 0 radical (unpaired) electrons. The van der Waals surface area contributed by atoms with Gasteiger partial charge in [0.25, 0.3) is 5.91 Å². The maximum absolute atomic E-state index is 12.1. The highest BCUT2D eigenvalue weighted by Gasteiger charge is 2.10. The Bertz CT molecular complexity index is 1330. The SMILES string of the molecule is Cc1cc2nc(Cc3ccc(NC(=S)NC(=O)COc4ccc(Cl)c(C)c4)cc3)oc2cc1C. The number of benzene rings is 3. The normalized spacial score (nSPS) is 10.8. The number of carbonyl (C=O) groups is 1. The number of halogens is 1. The molecule has 1 amide bonds. The van der Waals surface area contributed by atoms with Gasteiger partial charge in [-0.15, -0.1) is 0 Å². The molecule has 174 valence electrons. The van der Waals surface area contributed by atoms with E-state index in [1.165, 1.54) is 11.1 Å². The van der Waals surface area contributed by atoms with E-state index in [4.69, 9.17) is 33.0 Å². The van der Waals surface area contributed by atoms with Crippen LogP contribution in [0.2, 0.25) is 5.02 Å². The Morgan fingerprint density at radius 3 is 2.50 bits per heavy atom. The Morgan fingerprint density at radius 1 is 1.03 bits per heavy atom. The third-order valence-electron chi connectivity index (χ3n) is 5.37. The summed E-state index contributed by atoms with van der Waals surface area (Å²) in [7, 11) is 0. The summed E-state index contributed by atoms with van der Waals surface area (Å²) in [6.07, 6.45) is 0.579. The standard InChI is InChI=1S/C26H24ClN3O3S/c1-15-11-22-23(12-16(15)2)33-25(29-22)13-18-4-6-19(7-5-18)28-26(34)30-24(31)14-32-20-8-9-21(27)17(3)10-20/h4-12H,13-14H2,1-3H3,(H2,28,30,31,34). The Balaban J connectivity index is 1.28. The lowest BCUT2D eigenvalue weighted by Gasteiger charge is -2.11. The highest BCUT2D eigenvalue weighted by molar-refractivity contribution is 7.80. The summed E-state index contributed by atoms with van der Waals surface area (Å²) in [5.74, 6) is 0.873. The summed E-state index contributed by atoms with van der Waals surface area (Å²) in [5, 5.41) is 6.45. The van der Waals surface area contributed by atoms with E-state index in [-0.39, 0.29) is 17.6 Å². The number of thiocarbonyl (C=S) groups is 1. The number of nitrogens with one attached hydrogen (secondary N) is 2. The van der Waals surface area contributed by atoms with Crippen LogP contribution in [0.3, 0.4) is 0 Å². The number of anilines is 1. The zero-order valence-electron chi connectivity index (χ0n) is 19.1. The molecule has 0 aliphatic carbocycles. The van der Waals surface area contributed by atoms with Crippen molar-refractivity contribution in [3.8, 4) is 5.75 Å². The number of ether oxygens (including phenoxy) is 1. The van der Waals surface area contributed by atoms with Gasteiger partial charge in [-0.3, -0.25) is 10.1 Å². The van der Waals surface area contributed by atoms with Gasteiger partial charge >= 0.3 is 0 Å². The molecule has 0 saturated heterocycles. The molecule has 0 unspecified atom stereocenters. The molecule has 4 rings (SSSR count). The molecule has 6 nitrogen and oxygen atoms in total. The monoisotopic (exact) mass is 493 g/mol. The zero-order chi connectivity index (χ0) is 24.2. The van der Waals surface area contributed by atoms with Crippen molar-refractivity contribution >= 4 is 51.6 Å². The number of fused-ring (bicyclic) bond motifs is 1. The van der Waals surface area contributed by atoms with E-state index in [0.717, 1.165) is 27.9 Å². The van der Waals surface area contributed by atoms with E-state index >= 15 is 0 Å². The van der Waals surface area contributed by atoms with Gasteiger partial charge in [-0.05, 0) is 97.7 Å². The lowest BCUT2D eigenvalue weighted by molar-refractivity contribution is -0.121. The number of carbonyl (C=O) groups excluding carboxylic acids is 1.